The third kappa shape index (κ3) is 3.64. The summed E-state index contributed by atoms with van der Waals surface area (Å²) in [6.07, 6.45) is 1.70. The predicted molar refractivity (Wildman–Crippen MR) is 113 cm³/mol. The molecular formula is C23H19FN2O3S. The number of hydrogen-bond donors (Lipinski definition) is 0. The van der Waals surface area contributed by atoms with Crippen molar-refractivity contribution in [1.82, 2.24) is 4.57 Å². The second kappa shape index (κ2) is 8.20. The van der Waals surface area contributed by atoms with Gasteiger partial charge in [0, 0.05) is 0 Å². The molecule has 2 heterocycles. The van der Waals surface area contributed by atoms with Crippen molar-refractivity contribution in [2.75, 3.05) is 6.61 Å². The molecule has 0 bridgehead atoms. The number of allylic oxidation sites excluding steroid dienone is 1. The first kappa shape index (κ1) is 20.0. The second-order valence-corrected chi connectivity index (χ2v) is 7.77. The standard InChI is InChI=1S/C23H19FN2O3S/c1-3-29-22(28)19-14(2)25-23-26(20(19)16-7-5-4-6-8-16)21(27)18(30-23)13-15-9-11-17(24)12-10-15/h4-13,20H,3H2,1-2H3/b18-13-/t20-/m0/s1. The van der Waals surface area contributed by atoms with Gasteiger partial charge in [0.2, 0.25) is 0 Å². The van der Waals surface area contributed by atoms with Crippen LogP contribution in [0.5, 0.6) is 0 Å². The molecule has 0 fully saturated rings. The van der Waals surface area contributed by atoms with Gasteiger partial charge in [0.1, 0.15) is 5.82 Å². The van der Waals surface area contributed by atoms with Gasteiger partial charge in [-0.15, -0.1) is 0 Å². The first-order chi connectivity index (χ1) is 14.5. The Kier molecular flexibility index (Phi) is 5.46. The summed E-state index contributed by atoms with van der Waals surface area (Å²) in [6.45, 7) is 3.72. The Morgan fingerprint density at radius 1 is 1.20 bits per heavy atom. The van der Waals surface area contributed by atoms with Crippen LogP contribution >= 0.6 is 11.3 Å². The maximum Gasteiger partial charge on any atom is 0.338 e. The highest BCUT2D eigenvalue weighted by molar-refractivity contribution is 7.07. The largest absolute Gasteiger partial charge is 0.463 e. The summed E-state index contributed by atoms with van der Waals surface area (Å²) in [6, 6.07) is 14.6. The summed E-state index contributed by atoms with van der Waals surface area (Å²) in [7, 11) is 0. The molecule has 1 aliphatic heterocycles. The molecule has 3 aromatic rings. The highest BCUT2D eigenvalue weighted by Gasteiger charge is 2.33. The maximum absolute atomic E-state index is 13.3. The molecule has 1 aliphatic rings. The fourth-order valence-electron chi connectivity index (χ4n) is 3.45. The molecule has 0 N–H and O–H groups in total. The van der Waals surface area contributed by atoms with Gasteiger partial charge in [-0.3, -0.25) is 9.36 Å². The zero-order chi connectivity index (χ0) is 21.3. The Morgan fingerprint density at radius 2 is 1.90 bits per heavy atom. The van der Waals surface area contributed by atoms with Gasteiger partial charge in [-0.25, -0.2) is 14.2 Å². The lowest BCUT2D eigenvalue weighted by Crippen LogP contribution is -2.39. The van der Waals surface area contributed by atoms with Crippen molar-refractivity contribution in [2.45, 2.75) is 19.9 Å². The minimum absolute atomic E-state index is 0.228. The monoisotopic (exact) mass is 422 g/mol. The number of carbonyl (C=O) groups is 1. The quantitative estimate of drug-likeness (QED) is 0.608. The van der Waals surface area contributed by atoms with Gasteiger partial charge in [-0.2, -0.15) is 0 Å². The summed E-state index contributed by atoms with van der Waals surface area (Å²) in [5.74, 6) is -0.826. The lowest BCUT2D eigenvalue weighted by atomic mass is 9.96. The van der Waals surface area contributed by atoms with E-state index in [-0.39, 0.29) is 18.0 Å². The van der Waals surface area contributed by atoms with Crippen LogP contribution in [0.4, 0.5) is 4.39 Å². The van der Waals surface area contributed by atoms with Crippen molar-refractivity contribution >= 4 is 23.4 Å². The smallest absolute Gasteiger partial charge is 0.338 e. The number of esters is 1. The number of hydrogen-bond acceptors (Lipinski definition) is 5. The first-order valence-electron chi connectivity index (χ1n) is 9.49. The van der Waals surface area contributed by atoms with E-state index in [1.54, 1.807) is 32.1 Å². The predicted octanol–water partition coefficient (Wildman–Crippen LogP) is 2.94. The first-order valence-corrected chi connectivity index (χ1v) is 10.3. The molecule has 5 nitrogen and oxygen atoms in total. The minimum atomic E-state index is -0.628. The Bertz CT molecular complexity index is 1310. The molecule has 2 aromatic carbocycles. The lowest BCUT2D eigenvalue weighted by molar-refractivity contribution is -0.139. The summed E-state index contributed by atoms with van der Waals surface area (Å²) >= 11 is 1.24. The zero-order valence-electron chi connectivity index (χ0n) is 16.5. The highest BCUT2D eigenvalue weighted by Crippen LogP contribution is 2.30. The number of halogens is 1. The number of fused-ring (bicyclic) bond motifs is 1. The minimum Gasteiger partial charge on any atom is -0.463 e. The van der Waals surface area contributed by atoms with Crippen LogP contribution in [0.25, 0.3) is 6.08 Å². The Morgan fingerprint density at radius 3 is 2.57 bits per heavy atom. The molecule has 152 valence electrons. The fourth-order valence-corrected chi connectivity index (χ4v) is 4.50. The second-order valence-electron chi connectivity index (χ2n) is 6.76. The normalized spacial score (nSPS) is 16.2. The van der Waals surface area contributed by atoms with Gasteiger partial charge in [-0.1, -0.05) is 53.8 Å². The number of aromatic nitrogens is 1. The van der Waals surface area contributed by atoms with E-state index in [1.807, 2.05) is 30.3 Å². The van der Waals surface area contributed by atoms with Gasteiger partial charge in [0.25, 0.3) is 5.56 Å². The number of ether oxygens (including phenoxy) is 1. The van der Waals surface area contributed by atoms with E-state index >= 15 is 0 Å². The average molecular weight is 422 g/mol. The van der Waals surface area contributed by atoms with E-state index in [9.17, 15) is 14.0 Å². The van der Waals surface area contributed by atoms with Crippen LogP contribution in [-0.2, 0) is 9.53 Å². The summed E-state index contributed by atoms with van der Waals surface area (Å²) in [4.78, 5) is 31.1. The van der Waals surface area contributed by atoms with Crippen LogP contribution in [0.1, 0.15) is 31.0 Å². The van der Waals surface area contributed by atoms with Crippen molar-refractivity contribution in [2.24, 2.45) is 4.99 Å². The molecule has 0 aliphatic carbocycles. The molecular weight excluding hydrogens is 403 g/mol. The maximum atomic E-state index is 13.3. The van der Waals surface area contributed by atoms with Crippen molar-refractivity contribution in [3.63, 3.8) is 0 Å². The zero-order valence-corrected chi connectivity index (χ0v) is 17.3. The lowest BCUT2D eigenvalue weighted by Gasteiger charge is -2.24. The molecule has 0 saturated carbocycles. The van der Waals surface area contributed by atoms with Crippen molar-refractivity contribution in [3.8, 4) is 0 Å². The van der Waals surface area contributed by atoms with Gasteiger partial charge in [0.15, 0.2) is 4.80 Å². The molecule has 0 radical (unpaired) electrons. The molecule has 0 saturated heterocycles. The molecule has 0 unspecified atom stereocenters. The third-order valence-corrected chi connectivity index (χ3v) is 5.78. The van der Waals surface area contributed by atoms with Crippen molar-refractivity contribution in [3.05, 3.63) is 102 Å². The number of carbonyl (C=O) groups excluding carboxylic acids is 1. The summed E-state index contributed by atoms with van der Waals surface area (Å²) < 4.78 is 20.5. The van der Waals surface area contributed by atoms with E-state index in [1.165, 1.54) is 28.0 Å². The highest BCUT2D eigenvalue weighted by atomic mass is 32.1. The SMILES string of the molecule is CCOC(=O)C1=C(C)N=c2s/c(=C\c3ccc(F)cc3)c(=O)n2[C@H]1c1ccccc1. The van der Waals surface area contributed by atoms with Crippen LogP contribution in [0, 0.1) is 5.82 Å². The van der Waals surface area contributed by atoms with E-state index in [0.29, 0.717) is 26.2 Å². The van der Waals surface area contributed by atoms with Crippen LogP contribution in [-0.4, -0.2) is 17.1 Å². The molecule has 1 atom stereocenters. The number of benzene rings is 2. The van der Waals surface area contributed by atoms with Crippen LogP contribution < -0.4 is 14.9 Å². The van der Waals surface area contributed by atoms with Crippen LogP contribution in [0.3, 0.4) is 0 Å². The van der Waals surface area contributed by atoms with Crippen LogP contribution in [0.15, 0.2) is 75.7 Å². The van der Waals surface area contributed by atoms with E-state index in [4.69, 9.17) is 4.74 Å². The fraction of sp³-hybridized carbons (Fsp3) is 0.174. The van der Waals surface area contributed by atoms with Gasteiger partial charge < -0.3 is 4.74 Å². The number of nitrogens with zero attached hydrogens (tertiary/aromatic N) is 2. The van der Waals surface area contributed by atoms with E-state index < -0.39 is 12.0 Å². The van der Waals surface area contributed by atoms with E-state index in [0.717, 1.165) is 5.56 Å². The summed E-state index contributed by atoms with van der Waals surface area (Å²) in [5.41, 5.74) is 2.12. The Balaban J connectivity index is 1.94. The van der Waals surface area contributed by atoms with Crippen molar-refractivity contribution < 1.29 is 13.9 Å². The Hall–Kier alpha value is -3.32. The number of rotatable bonds is 4. The van der Waals surface area contributed by atoms with E-state index in [2.05, 4.69) is 4.99 Å². The van der Waals surface area contributed by atoms with Gasteiger partial charge in [0.05, 0.1) is 28.5 Å². The average Bonchev–Trinajstić information content (AvgIpc) is 3.04. The molecule has 1 aromatic heterocycles. The number of thiazole rings is 1. The Labute approximate surface area is 176 Å². The van der Waals surface area contributed by atoms with Crippen LogP contribution in [0.2, 0.25) is 0 Å². The molecule has 0 spiro atoms. The molecule has 0 amide bonds. The molecule has 7 heteroatoms. The van der Waals surface area contributed by atoms with Gasteiger partial charge >= 0.3 is 5.97 Å². The molecule has 4 rings (SSSR count). The van der Waals surface area contributed by atoms with Gasteiger partial charge in [-0.05, 0) is 43.2 Å². The summed E-state index contributed by atoms with van der Waals surface area (Å²) in [5, 5.41) is 0. The third-order valence-electron chi connectivity index (χ3n) is 4.80. The van der Waals surface area contributed by atoms with Crippen molar-refractivity contribution in [1.29, 1.82) is 0 Å². The molecule has 30 heavy (non-hydrogen) atoms. The topological polar surface area (TPSA) is 60.7 Å².